The highest BCUT2D eigenvalue weighted by molar-refractivity contribution is 5.78. The molecule has 3 nitrogen and oxygen atoms in total. The Morgan fingerprint density at radius 2 is 2.11 bits per heavy atom. The average molecular weight is 254 g/mol. The highest BCUT2D eigenvalue weighted by Gasteiger charge is 2.30. The molecule has 0 bridgehead atoms. The zero-order chi connectivity index (χ0) is 13.5. The highest BCUT2D eigenvalue weighted by Crippen LogP contribution is 2.22. The highest BCUT2D eigenvalue weighted by atomic mass is 16.2. The Hall–Kier alpha value is -0.570. The molecule has 1 amide bonds. The van der Waals surface area contributed by atoms with Crippen LogP contribution >= 0.6 is 0 Å². The maximum Gasteiger partial charge on any atom is 0.222 e. The van der Waals surface area contributed by atoms with Crippen molar-refractivity contribution in [2.75, 3.05) is 19.6 Å². The number of nitrogens with one attached hydrogen (secondary N) is 1. The largest absolute Gasteiger partial charge is 0.341 e. The van der Waals surface area contributed by atoms with Crippen LogP contribution in [0.25, 0.3) is 0 Å². The van der Waals surface area contributed by atoms with Crippen LogP contribution in [0.1, 0.15) is 53.4 Å². The minimum atomic E-state index is 0.355. The first-order chi connectivity index (χ1) is 8.62. The fourth-order valence-corrected chi connectivity index (χ4v) is 2.60. The summed E-state index contributed by atoms with van der Waals surface area (Å²) in [6, 6.07) is 0.453. The first-order valence-corrected chi connectivity index (χ1v) is 7.63. The molecule has 1 N–H and O–H groups in total. The van der Waals surface area contributed by atoms with Gasteiger partial charge in [-0.25, -0.2) is 0 Å². The molecule has 0 aromatic heterocycles. The summed E-state index contributed by atoms with van der Waals surface area (Å²) < 4.78 is 0. The van der Waals surface area contributed by atoms with Gasteiger partial charge in [-0.15, -0.1) is 0 Å². The summed E-state index contributed by atoms with van der Waals surface area (Å²) in [4.78, 5) is 14.0. The van der Waals surface area contributed by atoms with Crippen molar-refractivity contribution in [3.63, 3.8) is 0 Å². The fourth-order valence-electron chi connectivity index (χ4n) is 2.60. The Morgan fingerprint density at radius 1 is 1.39 bits per heavy atom. The zero-order valence-electron chi connectivity index (χ0n) is 12.5. The molecular formula is C15H30N2O. The van der Waals surface area contributed by atoms with Crippen molar-refractivity contribution < 1.29 is 4.79 Å². The van der Waals surface area contributed by atoms with E-state index in [2.05, 4.69) is 37.9 Å². The Labute approximate surface area is 112 Å². The van der Waals surface area contributed by atoms with Crippen molar-refractivity contribution in [3.05, 3.63) is 0 Å². The van der Waals surface area contributed by atoms with Gasteiger partial charge >= 0.3 is 0 Å². The summed E-state index contributed by atoms with van der Waals surface area (Å²) in [6.45, 7) is 11.8. The van der Waals surface area contributed by atoms with Gasteiger partial charge in [0, 0.05) is 25.6 Å². The number of amides is 1. The normalized spacial score (nSPS) is 23.4. The molecule has 1 aliphatic rings. The standard InChI is InChI=1S/C15H30N2O/c1-5-8-16-14(12(4)6-2)11-17-10-13(7-3)9-15(17)18/h12-14,16H,5-11H2,1-4H3. The Kier molecular flexibility index (Phi) is 6.69. The van der Waals surface area contributed by atoms with Crippen molar-refractivity contribution >= 4 is 5.91 Å². The van der Waals surface area contributed by atoms with Crippen molar-refractivity contribution in [2.24, 2.45) is 11.8 Å². The van der Waals surface area contributed by atoms with Gasteiger partial charge in [-0.05, 0) is 24.8 Å². The molecule has 0 aromatic carbocycles. The number of likely N-dealkylation sites (tertiary alicyclic amines) is 1. The molecule has 0 spiro atoms. The first kappa shape index (κ1) is 15.5. The number of carbonyl (C=O) groups is 1. The summed E-state index contributed by atoms with van der Waals surface area (Å²) in [5, 5.41) is 3.61. The second-order valence-electron chi connectivity index (χ2n) is 5.72. The van der Waals surface area contributed by atoms with E-state index in [9.17, 15) is 4.79 Å². The second-order valence-corrected chi connectivity index (χ2v) is 5.72. The van der Waals surface area contributed by atoms with Gasteiger partial charge in [0.25, 0.3) is 0 Å². The lowest BCUT2D eigenvalue weighted by Crippen LogP contribution is -2.45. The third kappa shape index (κ3) is 4.27. The Bertz CT molecular complexity index is 255. The SMILES string of the molecule is CCCNC(CN1CC(CC)CC1=O)C(C)CC. The van der Waals surface area contributed by atoms with Crippen LogP contribution in [-0.4, -0.2) is 36.5 Å². The quantitative estimate of drug-likeness (QED) is 0.722. The minimum absolute atomic E-state index is 0.355. The molecule has 3 heteroatoms. The maximum atomic E-state index is 12.0. The van der Waals surface area contributed by atoms with E-state index in [1.165, 1.54) is 6.42 Å². The molecule has 1 aliphatic heterocycles. The summed E-state index contributed by atoms with van der Waals surface area (Å²) in [6.07, 6.45) is 4.20. The van der Waals surface area contributed by atoms with Gasteiger partial charge < -0.3 is 10.2 Å². The number of rotatable bonds is 8. The smallest absolute Gasteiger partial charge is 0.222 e. The van der Waals surface area contributed by atoms with Gasteiger partial charge in [-0.1, -0.05) is 40.5 Å². The third-order valence-electron chi connectivity index (χ3n) is 4.28. The van der Waals surface area contributed by atoms with Crippen molar-refractivity contribution in [2.45, 2.75) is 59.4 Å². The molecule has 1 saturated heterocycles. The van der Waals surface area contributed by atoms with Gasteiger partial charge in [0.15, 0.2) is 0 Å². The van der Waals surface area contributed by atoms with Crippen molar-refractivity contribution in [3.8, 4) is 0 Å². The molecule has 1 rings (SSSR count). The molecule has 18 heavy (non-hydrogen) atoms. The van der Waals surface area contributed by atoms with Crippen LogP contribution in [0.15, 0.2) is 0 Å². The van der Waals surface area contributed by atoms with Crippen LogP contribution in [0.5, 0.6) is 0 Å². The van der Waals surface area contributed by atoms with E-state index in [4.69, 9.17) is 0 Å². The fraction of sp³-hybridized carbons (Fsp3) is 0.933. The number of hydrogen-bond donors (Lipinski definition) is 1. The van der Waals surface area contributed by atoms with Crippen molar-refractivity contribution in [1.82, 2.24) is 10.2 Å². The molecule has 106 valence electrons. The average Bonchev–Trinajstić information content (AvgIpc) is 2.74. The summed E-state index contributed by atoms with van der Waals surface area (Å²) in [7, 11) is 0. The van der Waals surface area contributed by atoms with Gasteiger partial charge in [-0.2, -0.15) is 0 Å². The summed E-state index contributed by atoms with van der Waals surface area (Å²) >= 11 is 0. The van der Waals surface area contributed by atoms with Crippen LogP contribution in [0.2, 0.25) is 0 Å². The molecule has 3 atom stereocenters. The lowest BCUT2D eigenvalue weighted by molar-refractivity contribution is -0.128. The van der Waals surface area contributed by atoms with E-state index in [-0.39, 0.29) is 0 Å². The van der Waals surface area contributed by atoms with Crippen LogP contribution in [0, 0.1) is 11.8 Å². The lowest BCUT2D eigenvalue weighted by atomic mass is 9.98. The van der Waals surface area contributed by atoms with Gasteiger partial charge in [0.05, 0.1) is 0 Å². The molecular weight excluding hydrogens is 224 g/mol. The van der Waals surface area contributed by atoms with E-state index in [0.29, 0.717) is 23.8 Å². The summed E-state index contributed by atoms with van der Waals surface area (Å²) in [5.74, 6) is 1.57. The number of hydrogen-bond acceptors (Lipinski definition) is 2. The number of carbonyl (C=O) groups excluding carboxylic acids is 1. The molecule has 0 aliphatic carbocycles. The van der Waals surface area contributed by atoms with Gasteiger partial charge in [-0.3, -0.25) is 4.79 Å². The van der Waals surface area contributed by atoms with Gasteiger partial charge in [0.1, 0.15) is 0 Å². The van der Waals surface area contributed by atoms with Crippen LogP contribution in [-0.2, 0) is 4.79 Å². The van der Waals surface area contributed by atoms with E-state index in [0.717, 1.165) is 38.9 Å². The van der Waals surface area contributed by atoms with E-state index >= 15 is 0 Å². The Balaban J connectivity index is 2.51. The minimum Gasteiger partial charge on any atom is -0.341 e. The molecule has 1 fully saturated rings. The van der Waals surface area contributed by atoms with E-state index < -0.39 is 0 Å². The van der Waals surface area contributed by atoms with E-state index in [1.807, 2.05) is 0 Å². The predicted molar refractivity (Wildman–Crippen MR) is 76.5 cm³/mol. The van der Waals surface area contributed by atoms with E-state index in [1.54, 1.807) is 0 Å². The molecule has 0 radical (unpaired) electrons. The molecule has 3 unspecified atom stereocenters. The third-order valence-corrected chi connectivity index (χ3v) is 4.28. The van der Waals surface area contributed by atoms with Crippen molar-refractivity contribution in [1.29, 1.82) is 0 Å². The van der Waals surface area contributed by atoms with Crippen LogP contribution in [0.3, 0.4) is 0 Å². The van der Waals surface area contributed by atoms with Gasteiger partial charge in [0.2, 0.25) is 5.91 Å². The summed E-state index contributed by atoms with van der Waals surface area (Å²) in [5.41, 5.74) is 0. The topological polar surface area (TPSA) is 32.3 Å². The first-order valence-electron chi connectivity index (χ1n) is 7.63. The predicted octanol–water partition coefficient (Wildman–Crippen LogP) is 2.66. The molecule has 0 saturated carbocycles. The Morgan fingerprint density at radius 3 is 2.61 bits per heavy atom. The maximum absolute atomic E-state index is 12.0. The molecule has 0 aromatic rings. The number of nitrogens with zero attached hydrogens (tertiary/aromatic N) is 1. The monoisotopic (exact) mass is 254 g/mol. The zero-order valence-corrected chi connectivity index (χ0v) is 12.5. The lowest BCUT2D eigenvalue weighted by Gasteiger charge is -2.29. The van der Waals surface area contributed by atoms with Crippen LogP contribution in [0.4, 0.5) is 0 Å². The van der Waals surface area contributed by atoms with Crippen LogP contribution < -0.4 is 5.32 Å². The molecule has 1 heterocycles. The second kappa shape index (κ2) is 7.78.